The number of hydrogen-bond donors (Lipinski definition) is 4. The summed E-state index contributed by atoms with van der Waals surface area (Å²) < 4.78 is 104. The average molecular weight is 1230 g/mol. The quantitative estimate of drug-likeness (QED) is 0.121. The lowest BCUT2D eigenvalue weighted by atomic mass is 9.73. The van der Waals surface area contributed by atoms with Gasteiger partial charge in [-0.15, -0.1) is 0 Å². The summed E-state index contributed by atoms with van der Waals surface area (Å²) >= 11 is 0. The van der Waals surface area contributed by atoms with E-state index in [4.69, 9.17) is 0 Å². The van der Waals surface area contributed by atoms with Gasteiger partial charge in [0.25, 0.3) is 0 Å². The average Bonchev–Trinajstić information content (AvgIpc) is 4.29. The molecule has 19 heteroatoms. The van der Waals surface area contributed by atoms with Gasteiger partial charge in [-0.3, -0.25) is 0 Å². The Hall–Kier alpha value is -0.510. The van der Waals surface area contributed by atoms with E-state index in [-0.39, 0.29) is 53.1 Å². The number of nitrogens with zero attached hydrogens (tertiary/aromatic N) is 2. The second-order valence-corrected chi connectivity index (χ2v) is 36.3. The van der Waals surface area contributed by atoms with Crippen LogP contribution >= 0.6 is 0 Å². The van der Waals surface area contributed by atoms with Crippen LogP contribution < -0.4 is 9.44 Å². The van der Waals surface area contributed by atoms with Crippen LogP contribution in [-0.4, -0.2) is 148 Å². The topological polar surface area (TPSA) is 208 Å². The maximum Gasteiger partial charge on any atom is 0.214 e. The fourth-order valence-corrected chi connectivity index (χ4v) is 11.5. The van der Waals surface area contributed by atoms with Crippen molar-refractivity contribution in [1.82, 2.24) is 19.2 Å². The first kappa shape index (κ1) is 88.3. The molecule has 0 spiro atoms. The van der Waals surface area contributed by atoms with E-state index < -0.39 is 50.5 Å². The van der Waals surface area contributed by atoms with E-state index in [1.165, 1.54) is 124 Å². The molecule has 0 aromatic rings. The van der Waals surface area contributed by atoms with Crippen LogP contribution in [0, 0.1) is 29.6 Å². The molecule has 0 radical (unpaired) electrons. The van der Waals surface area contributed by atoms with Gasteiger partial charge >= 0.3 is 0 Å². The molecule has 2 aliphatic heterocycles. The van der Waals surface area contributed by atoms with Gasteiger partial charge in [0.15, 0.2) is 25.2 Å². The molecular formula is C61H135FN4O10S4. The Morgan fingerprint density at radius 3 is 0.975 bits per heavy atom. The van der Waals surface area contributed by atoms with Crippen molar-refractivity contribution in [3.05, 3.63) is 0 Å². The zero-order valence-electron chi connectivity index (χ0n) is 54.1. The molecule has 0 aromatic carbocycles. The molecule has 4 aliphatic carbocycles. The van der Waals surface area contributed by atoms with Gasteiger partial charge in [0.1, 0.15) is 0 Å². The van der Waals surface area contributed by atoms with Crippen LogP contribution in [0.1, 0.15) is 269 Å². The molecule has 0 bridgehead atoms. The molecule has 0 amide bonds. The maximum absolute atomic E-state index is 12.1. The molecule has 1 unspecified atom stereocenters. The minimum Gasteiger partial charge on any atom is -0.390 e. The smallest absolute Gasteiger partial charge is 0.214 e. The van der Waals surface area contributed by atoms with Crippen molar-refractivity contribution in [1.29, 1.82) is 0 Å². The number of hydrogen-bond acceptors (Lipinski definition) is 12. The Morgan fingerprint density at radius 2 is 0.825 bits per heavy atom. The van der Waals surface area contributed by atoms with Gasteiger partial charge in [-0.25, -0.2) is 47.5 Å². The number of sulfone groups is 2. The number of sulfonamides is 2. The summed E-state index contributed by atoms with van der Waals surface area (Å²) in [7, 11) is -10.9. The fourth-order valence-electron chi connectivity index (χ4n) is 8.26. The van der Waals surface area contributed by atoms with Crippen molar-refractivity contribution >= 4 is 39.7 Å². The molecule has 4 N–H and O–H groups in total. The summed E-state index contributed by atoms with van der Waals surface area (Å²) in [6.07, 6.45) is 21.3. The lowest BCUT2D eigenvalue weighted by molar-refractivity contribution is -0.0719. The molecule has 80 heavy (non-hydrogen) atoms. The highest BCUT2D eigenvalue weighted by molar-refractivity contribution is 7.92. The number of alkyl halides is 1. The van der Waals surface area contributed by atoms with Gasteiger partial charge in [0, 0.05) is 18.6 Å². The third-order valence-corrected chi connectivity index (χ3v) is 24.0. The number of halogens is 1. The predicted molar refractivity (Wildman–Crippen MR) is 346 cm³/mol. The summed E-state index contributed by atoms with van der Waals surface area (Å²) in [4.78, 5) is 5.15. The molecule has 6 rings (SSSR count). The van der Waals surface area contributed by atoms with Crippen molar-refractivity contribution in [3.8, 4) is 0 Å². The van der Waals surface area contributed by atoms with E-state index in [1.54, 1.807) is 55.4 Å². The van der Waals surface area contributed by atoms with Crippen LogP contribution in [0.25, 0.3) is 0 Å². The molecular weight excluding hydrogens is 1100 g/mol. The van der Waals surface area contributed by atoms with E-state index in [1.807, 2.05) is 0 Å². The molecule has 2 heterocycles. The Labute approximate surface area is 498 Å². The second kappa shape index (κ2) is 43.2. The van der Waals surface area contributed by atoms with Crippen molar-refractivity contribution in [2.45, 2.75) is 324 Å². The number of aliphatic hydroxyl groups is 2. The molecule has 490 valence electrons. The van der Waals surface area contributed by atoms with Crippen LogP contribution in [0.5, 0.6) is 0 Å². The minimum absolute atomic E-state index is 0. The van der Waals surface area contributed by atoms with Gasteiger partial charge in [0.2, 0.25) is 20.0 Å². The number of nitrogens with one attached hydrogen (secondary N) is 2. The lowest BCUT2D eigenvalue weighted by Crippen LogP contribution is -2.41. The fraction of sp³-hybridized carbons (Fsp3) is 1.00. The number of likely N-dealkylation sites (tertiary alicyclic amines) is 2. The van der Waals surface area contributed by atoms with Crippen molar-refractivity contribution in [2.75, 3.05) is 39.8 Å². The van der Waals surface area contributed by atoms with E-state index >= 15 is 0 Å². The van der Waals surface area contributed by atoms with Gasteiger partial charge < -0.3 is 20.0 Å². The summed E-state index contributed by atoms with van der Waals surface area (Å²) in [6, 6.07) is 1.01. The molecule has 4 saturated carbocycles. The Morgan fingerprint density at radius 1 is 0.475 bits per heavy atom. The first-order chi connectivity index (χ1) is 35.5. The highest BCUT2D eigenvalue weighted by atomic mass is 32.2. The van der Waals surface area contributed by atoms with Crippen LogP contribution in [0.15, 0.2) is 0 Å². The van der Waals surface area contributed by atoms with Crippen molar-refractivity contribution in [3.63, 3.8) is 0 Å². The number of piperidine rings is 2. The molecule has 14 nitrogen and oxygen atoms in total. The lowest BCUT2D eigenvalue weighted by Gasteiger charge is -2.40. The highest BCUT2D eigenvalue weighted by Crippen LogP contribution is 2.38. The first-order valence-corrected chi connectivity index (χ1v) is 36.8. The molecule has 1 atom stereocenters. The Balaban J connectivity index is -0.000000264. The van der Waals surface area contributed by atoms with Crippen LogP contribution in [0.4, 0.5) is 4.39 Å². The minimum atomic E-state index is -3.48. The van der Waals surface area contributed by atoms with E-state index in [9.17, 15) is 48.3 Å². The van der Waals surface area contributed by atoms with Gasteiger partial charge in [0.05, 0.1) is 37.5 Å². The molecule has 6 fully saturated rings. The van der Waals surface area contributed by atoms with Crippen molar-refractivity contribution < 1.29 is 48.3 Å². The Kier molecular flexibility index (Phi) is 47.6. The van der Waals surface area contributed by atoms with Gasteiger partial charge in [-0.2, -0.15) is 0 Å². The number of rotatable bonds is 15. The van der Waals surface area contributed by atoms with E-state index in [2.05, 4.69) is 88.5 Å². The van der Waals surface area contributed by atoms with Crippen molar-refractivity contribution in [2.24, 2.45) is 29.6 Å². The van der Waals surface area contributed by atoms with Crippen LogP contribution in [0.3, 0.4) is 0 Å². The summed E-state index contributed by atoms with van der Waals surface area (Å²) in [5.74, 6) is 3.81. The standard InChI is InChI=1S/C9H19N.C8H17N.C8H16O.C7H14O.C6H13NO2S.C6H14O2S.C6H12.C5H11FO2S.C4H11NO2S.2CH4/c1-9(2)8-10-6-4-3-5-7-10;1-8(2)9-6-4-3-5-7-9;1-7(2)8(9)5-3-4-6-8;1-6(2)7(8)4-3-5-7;1-5(2)10(8,9)7-6-3-4-6;1-5(2)9(7,8)6(3)4;1-5(2)6-3-4-6;1-4(2)9(7,8)5(3)6;1-4(2)8(6,7)5-3;;/h9H,3-8H2,1-2H3;8H,3-7H2,1-2H3;7,9H,3-6H2,1-2H3;6,8H,3-5H2,1-2H3;5-7H,3-4H2,1-2H3;5-6H,1-4H3;5-6H,3-4H2,1-2H3;4-5H,1-3H3;4-5H,1-3H3;2*1H4. The predicted octanol–water partition coefficient (Wildman–Crippen LogP) is 13.6. The third kappa shape index (κ3) is 40.0. The van der Waals surface area contributed by atoms with E-state index in [0.717, 1.165) is 69.2 Å². The van der Waals surface area contributed by atoms with E-state index in [0.29, 0.717) is 11.8 Å². The second-order valence-electron chi connectivity index (χ2n) is 25.8. The first-order valence-electron chi connectivity index (χ1n) is 30.4. The largest absolute Gasteiger partial charge is 0.390 e. The van der Waals surface area contributed by atoms with Crippen LogP contribution in [-0.2, 0) is 39.7 Å². The monoisotopic (exact) mass is 1230 g/mol. The normalized spacial score (nSPS) is 19.4. The SMILES string of the molecule is C.C.CC(C)C1(O)CCC1.CC(C)C1(O)CCCC1.CC(C)C1CC1.CC(C)CN1CCCCC1.CC(C)N1CCCCC1.CC(C)S(=O)(=O)C(C)C.CC(C)S(=O)(=O)C(C)F.CC(C)S(=O)(=O)NC1CC1.CNS(=O)(=O)C(C)C. The molecule has 2 saturated heterocycles. The Bertz CT molecular complexity index is 1880. The zero-order valence-corrected chi connectivity index (χ0v) is 57.4. The summed E-state index contributed by atoms with van der Waals surface area (Å²) in [5.41, 5.74) is -2.32. The third-order valence-electron chi connectivity index (χ3n) is 15.5. The van der Waals surface area contributed by atoms with Gasteiger partial charge in [-0.1, -0.05) is 95.9 Å². The summed E-state index contributed by atoms with van der Waals surface area (Å²) in [6.45, 7) is 46.2. The highest BCUT2D eigenvalue weighted by Gasteiger charge is 2.37. The van der Waals surface area contributed by atoms with Crippen LogP contribution in [0.2, 0.25) is 0 Å². The molecule has 0 aromatic heterocycles. The van der Waals surface area contributed by atoms with Gasteiger partial charge in [-0.05, 0) is 236 Å². The molecule has 6 aliphatic rings. The maximum atomic E-state index is 12.1. The zero-order chi connectivity index (χ0) is 61.6. The summed E-state index contributed by atoms with van der Waals surface area (Å²) in [5, 5.41) is 17.5.